The first-order valence-electron chi connectivity index (χ1n) is 10.6. The van der Waals surface area contributed by atoms with Gasteiger partial charge in [-0.3, -0.25) is 14.5 Å². The monoisotopic (exact) mass is 377 g/mol. The number of nitrogens with zero attached hydrogens (tertiary/aromatic N) is 2. The average Bonchev–Trinajstić information content (AvgIpc) is 3.58. The molecule has 152 valence electrons. The van der Waals surface area contributed by atoms with Gasteiger partial charge in [0.05, 0.1) is 13.2 Å². The number of hydrogen-bond acceptors (Lipinski definition) is 4. The number of ether oxygens (including phenoxy) is 1. The second-order valence-corrected chi connectivity index (χ2v) is 9.66. The zero-order valence-electron chi connectivity index (χ0n) is 17.2. The topological polar surface area (TPSA) is 75.9 Å². The number of rotatable bonds is 7. The van der Waals surface area contributed by atoms with E-state index in [0.717, 1.165) is 52.1 Å². The Morgan fingerprint density at radius 1 is 1.15 bits per heavy atom. The Balaban J connectivity index is 1.47. The largest absolute Gasteiger partial charge is 0.379 e. The van der Waals surface area contributed by atoms with Crippen LogP contribution in [0.3, 0.4) is 0 Å². The van der Waals surface area contributed by atoms with Gasteiger partial charge in [-0.25, -0.2) is 0 Å². The molecule has 4 fully saturated rings. The highest BCUT2D eigenvalue weighted by Gasteiger charge is 2.78. The van der Waals surface area contributed by atoms with Crippen LogP contribution in [0.15, 0.2) is 0 Å². The normalized spacial score (nSPS) is 42.4. The van der Waals surface area contributed by atoms with Crippen LogP contribution < -0.4 is 5.73 Å². The van der Waals surface area contributed by atoms with E-state index in [1.54, 1.807) is 4.90 Å². The van der Waals surface area contributed by atoms with E-state index >= 15 is 0 Å². The number of primary amides is 1. The molecule has 2 amide bonds. The zero-order chi connectivity index (χ0) is 19.6. The number of morpholine rings is 1. The van der Waals surface area contributed by atoms with E-state index in [-0.39, 0.29) is 35.0 Å². The lowest BCUT2D eigenvalue weighted by atomic mass is 9.91. The highest BCUT2D eigenvalue weighted by molar-refractivity contribution is 5.96. The number of carbonyl (C=O) groups is 2. The number of likely N-dealkylation sites (N-methyl/N-ethyl adjacent to an activating group) is 1. The molecule has 0 aromatic rings. The summed E-state index contributed by atoms with van der Waals surface area (Å²) in [7, 11) is 1.82. The molecule has 0 radical (unpaired) electrons. The van der Waals surface area contributed by atoms with E-state index in [1.165, 1.54) is 0 Å². The predicted molar refractivity (Wildman–Crippen MR) is 103 cm³/mol. The summed E-state index contributed by atoms with van der Waals surface area (Å²) in [6.45, 7) is 11.0. The first kappa shape index (κ1) is 19.2. The molecule has 0 spiro atoms. The summed E-state index contributed by atoms with van der Waals surface area (Å²) in [6, 6.07) is 0. The molecule has 27 heavy (non-hydrogen) atoms. The Morgan fingerprint density at radius 2 is 1.74 bits per heavy atom. The summed E-state index contributed by atoms with van der Waals surface area (Å²) < 4.78 is 5.45. The van der Waals surface area contributed by atoms with Crippen molar-refractivity contribution in [1.29, 1.82) is 0 Å². The first-order chi connectivity index (χ1) is 12.8. The SMILES string of the molecule is CC1C(C)C1C(=O)N(C)C1(C(N)=O)C(C)C1C1(CCN2CCOCC2)CC1. The standard InChI is InChI=1S/C21H35N3O3/c1-13-14(2)16(13)18(25)23(4)21(19(22)26)15(3)17(21)20(5-6-20)7-8-24-9-11-27-12-10-24/h13-17H,5-12H2,1-4H3,(H2,22,26). The van der Waals surface area contributed by atoms with Gasteiger partial charge in [-0.2, -0.15) is 0 Å². The van der Waals surface area contributed by atoms with Crippen LogP contribution in [0.25, 0.3) is 0 Å². The maximum absolute atomic E-state index is 13.1. The Labute approximate surface area is 162 Å². The van der Waals surface area contributed by atoms with Crippen molar-refractivity contribution in [3.8, 4) is 0 Å². The van der Waals surface area contributed by atoms with Gasteiger partial charge in [0.15, 0.2) is 0 Å². The quantitative estimate of drug-likeness (QED) is 0.726. The first-order valence-corrected chi connectivity index (χ1v) is 10.6. The summed E-state index contributed by atoms with van der Waals surface area (Å²) >= 11 is 0. The summed E-state index contributed by atoms with van der Waals surface area (Å²) in [5.74, 6) is 1.05. The molecule has 0 aromatic heterocycles. The van der Waals surface area contributed by atoms with Crippen LogP contribution in [-0.4, -0.2) is 67.0 Å². The third-order valence-electron chi connectivity index (χ3n) is 8.53. The maximum Gasteiger partial charge on any atom is 0.244 e. The molecule has 4 aliphatic rings. The second-order valence-electron chi connectivity index (χ2n) is 9.66. The summed E-state index contributed by atoms with van der Waals surface area (Å²) in [4.78, 5) is 29.9. The van der Waals surface area contributed by atoms with Crippen molar-refractivity contribution in [2.75, 3.05) is 39.9 Å². The van der Waals surface area contributed by atoms with Gasteiger partial charge in [0, 0.05) is 32.0 Å². The molecule has 6 nitrogen and oxygen atoms in total. The van der Waals surface area contributed by atoms with Gasteiger partial charge in [0.1, 0.15) is 5.54 Å². The lowest BCUT2D eigenvalue weighted by molar-refractivity contribution is -0.142. The lowest BCUT2D eigenvalue weighted by Gasteiger charge is -2.32. The fraction of sp³-hybridized carbons (Fsp3) is 0.905. The van der Waals surface area contributed by atoms with Crippen LogP contribution in [0, 0.1) is 35.0 Å². The van der Waals surface area contributed by atoms with E-state index in [4.69, 9.17) is 10.5 Å². The summed E-state index contributed by atoms with van der Waals surface area (Å²) in [5.41, 5.74) is 5.35. The second kappa shape index (κ2) is 6.45. The Morgan fingerprint density at radius 3 is 2.22 bits per heavy atom. The van der Waals surface area contributed by atoms with E-state index < -0.39 is 5.54 Å². The van der Waals surface area contributed by atoms with Crippen LogP contribution in [0.2, 0.25) is 0 Å². The number of nitrogens with two attached hydrogens (primary N) is 1. The average molecular weight is 378 g/mol. The highest BCUT2D eigenvalue weighted by atomic mass is 16.5. The van der Waals surface area contributed by atoms with Crippen molar-refractivity contribution >= 4 is 11.8 Å². The minimum Gasteiger partial charge on any atom is -0.379 e. The molecule has 3 saturated carbocycles. The van der Waals surface area contributed by atoms with Crippen molar-refractivity contribution in [3.05, 3.63) is 0 Å². The maximum atomic E-state index is 13.1. The number of carbonyl (C=O) groups excluding carboxylic acids is 2. The molecular weight excluding hydrogens is 342 g/mol. The minimum absolute atomic E-state index is 0.0585. The van der Waals surface area contributed by atoms with Crippen LogP contribution in [-0.2, 0) is 14.3 Å². The summed E-state index contributed by atoms with van der Waals surface area (Å²) in [6.07, 6.45) is 3.40. The Kier molecular flexibility index (Phi) is 4.58. The molecule has 2 N–H and O–H groups in total. The zero-order valence-corrected chi connectivity index (χ0v) is 17.2. The number of amides is 2. The molecule has 1 saturated heterocycles. The van der Waals surface area contributed by atoms with Crippen molar-refractivity contribution < 1.29 is 14.3 Å². The van der Waals surface area contributed by atoms with Crippen LogP contribution in [0.4, 0.5) is 0 Å². The fourth-order valence-electron chi connectivity index (χ4n) is 6.20. The Bertz CT molecular complexity index is 620. The van der Waals surface area contributed by atoms with E-state index in [0.29, 0.717) is 11.8 Å². The van der Waals surface area contributed by atoms with Crippen molar-refractivity contribution in [2.45, 2.75) is 45.6 Å². The van der Waals surface area contributed by atoms with Gasteiger partial charge in [-0.1, -0.05) is 20.8 Å². The molecule has 3 aliphatic carbocycles. The van der Waals surface area contributed by atoms with Crippen LogP contribution in [0.1, 0.15) is 40.0 Å². The third kappa shape index (κ3) is 2.82. The molecule has 1 aliphatic heterocycles. The van der Waals surface area contributed by atoms with Gasteiger partial charge in [0.25, 0.3) is 0 Å². The molecule has 6 heteroatoms. The number of hydrogen-bond donors (Lipinski definition) is 1. The van der Waals surface area contributed by atoms with Crippen molar-refractivity contribution in [1.82, 2.24) is 9.80 Å². The molecule has 0 aromatic carbocycles. The van der Waals surface area contributed by atoms with Gasteiger partial charge in [0.2, 0.25) is 11.8 Å². The van der Waals surface area contributed by atoms with Gasteiger partial charge in [-0.15, -0.1) is 0 Å². The molecule has 5 atom stereocenters. The van der Waals surface area contributed by atoms with Crippen LogP contribution in [0.5, 0.6) is 0 Å². The molecule has 0 bridgehead atoms. The molecule has 1 heterocycles. The van der Waals surface area contributed by atoms with E-state index in [9.17, 15) is 9.59 Å². The van der Waals surface area contributed by atoms with E-state index in [2.05, 4.69) is 25.7 Å². The lowest BCUT2D eigenvalue weighted by Crippen LogP contribution is -2.52. The highest BCUT2D eigenvalue weighted by Crippen LogP contribution is 2.72. The third-order valence-corrected chi connectivity index (χ3v) is 8.53. The molecule has 5 unspecified atom stereocenters. The van der Waals surface area contributed by atoms with Gasteiger partial charge < -0.3 is 15.4 Å². The van der Waals surface area contributed by atoms with Crippen molar-refractivity contribution in [2.24, 2.45) is 40.7 Å². The summed E-state index contributed by atoms with van der Waals surface area (Å²) in [5, 5.41) is 0. The van der Waals surface area contributed by atoms with Crippen molar-refractivity contribution in [3.63, 3.8) is 0 Å². The molecule has 4 rings (SSSR count). The van der Waals surface area contributed by atoms with E-state index in [1.807, 2.05) is 7.05 Å². The Hall–Kier alpha value is -1.14. The van der Waals surface area contributed by atoms with Gasteiger partial charge >= 0.3 is 0 Å². The predicted octanol–water partition coefficient (Wildman–Crippen LogP) is 1.34. The smallest absolute Gasteiger partial charge is 0.244 e. The van der Waals surface area contributed by atoms with Crippen LogP contribution >= 0.6 is 0 Å². The van der Waals surface area contributed by atoms with Gasteiger partial charge in [-0.05, 0) is 49.0 Å². The fourth-order valence-corrected chi connectivity index (χ4v) is 6.20. The molecular formula is C21H35N3O3. The minimum atomic E-state index is -0.777.